The number of sulfonamides is 1. The third-order valence-electron chi connectivity index (χ3n) is 7.16. The molecule has 0 radical (unpaired) electrons. The second-order valence-corrected chi connectivity index (χ2v) is 12.0. The average Bonchev–Trinajstić information content (AvgIpc) is 3.63. The molecule has 0 N–H and O–H groups in total. The normalized spacial score (nSPS) is 27.5. The molecule has 1 aliphatic carbocycles. The molecule has 0 unspecified atom stereocenters. The summed E-state index contributed by atoms with van der Waals surface area (Å²) in [6, 6.07) is 6.06. The van der Waals surface area contributed by atoms with E-state index >= 15 is 0 Å². The minimum absolute atomic E-state index is 0.0281. The smallest absolute Gasteiger partial charge is 0.410 e. The van der Waals surface area contributed by atoms with Crippen LogP contribution in [0.2, 0.25) is 5.02 Å². The summed E-state index contributed by atoms with van der Waals surface area (Å²) in [7, 11) is -3.72. The zero-order valence-electron chi connectivity index (χ0n) is 19.7. The van der Waals surface area contributed by atoms with E-state index in [1.54, 1.807) is 33.5 Å². The molecule has 1 saturated carbocycles. The van der Waals surface area contributed by atoms with Crippen molar-refractivity contribution in [3.05, 3.63) is 29.3 Å². The molecule has 184 valence electrons. The van der Waals surface area contributed by atoms with Crippen molar-refractivity contribution in [2.75, 3.05) is 32.8 Å². The Morgan fingerprint density at radius 3 is 2.48 bits per heavy atom. The number of carbonyl (C=O) groups excluding carboxylic acids is 1. The summed E-state index contributed by atoms with van der Waals surface area (Å²) in [6.45, 7) is 7.66. The summed E-state index contributed by atoms with van der Waals surface area (Å²) in [5, 5.41) is 0.505. The van der Waals surface area contributed by atoms with Crippen LogP contribution in [0.4, 0.5) is 4.79 Å². The molecule has 1 aromatic carbocycles. The molecule has 1 aromatic rings. The molecule has 3 aliphatic rings. The molecule has 7 nitrogen and oxygen atoms in total. The second kappa shape index (κ2) is 10.5. The molecule has 33 heavy (non-hydrogen) atoms. The van der Waals surface area contributed by atoms with Crippen molar-refractivity contribution >= 4 is 27.7 Å². The van der Waals surface area contributed by atoms with Crippen molar-refractivity contribution in [3.63, 3.8) is 0 Å². The highest BCUT2D eigenvalue weighted by molar-refractivity contribution is 7.89. The van der Waals surface area contributed by atoms with Gasteiger partial charge in [-0.2, -0.15) is 4.31 Å². The SMILES string of the molecule is CCCN1CCN(C(=O)OC[C@@H]2CCC[C@H](C3CC3)N2S(=O)(=O)c2ccc(Cl)cc2)[C@@H](C)C1. The standard InChI is InChI=1S/C24H36ClN3O4S/c1-3-13-26-14-15-27(18(2)16-26)24(29)32-17-21-5-4-6-23(19-7-8-19)28(21)33(30,31)22-11-9-20(25)10-12-22/h9-12,18-19,21,23H,3-8,13-17H2,1-2H3/t18-,21-,23+/m0/s1. The summed E-state index contributed by atoms with van der Waals surface area (Å²) in [5.41, 5.74) is 0. The summed E-state index contributed by atoms with van der Waals surface area (Å²) < 4.78 is 34.8. The van der Waals surface area contributed by atoms with Gasteiger partial charge in [0.2, 0.25) is 10.0 Å². The van der Waals surface area contributed by atoms with Gasteiger partial charge in [-0.3, -0.25) is 4.90 Å². The molecule has 2 heterocycles. The van der Waals surface area contributed by atoms with Crippen LogP contribution in [0.5, 0.6) is 0 Å². The van der Waals surface area contributed by atoms with Gasteiger partial charge in [-0.05, 0) is 75.8 Å². The van der Waals surface area contributed by atoms with E-state index < -0.39 is 10.0 Å². The number of benzene rings is 1. The van der Waals surface area contributed by atoms with Crippen LogP contribution in [-0.4, -0.2) is 79.5 Å². The Balaban J connectivity index is 1.46. The van der Waals surface area contributed by atoms with E-state index in [4.69, 9.17) is 16.3 Å². The largest absolute Gasteiger partial charge is 0.448 e. The van der Waals surface area contributed by atoms with Crippen molar-refractivity contribution in [1.29, 1.82) is 0 Å². The maximum absolute atomic E-state index is 13.7. The van der Waals surface area contributed by atoms with Crippen molar-refractivity contribution < 1.29 is 17.9 Å². The number of hydrogen-bond acceptors (Lipinski definition) is 5. The highest BCUT2D eigenvalue weighted by Gasteiger charge is 2.46. The zero-order valence-corrected chi connectivity index (χ0v) is 21.2. The third-order valence-corrected chi connectivity index (χ3v) is 9.41. The Bertz CT molecular complexity index is 922. The van der Waals surface area contributed by atoms with E-state index in [1.165, 1.54) is 0 Å². The molecule has 3 fully saturated rings. The maximum atomic E-state index is 13.7. The number of ether oxygens (including phenoxy) is 1. The molecule has 0 bridgehead atoms. The molecule has 4 rings (SSSR count). The van der Waals surface area contributed by atoms with E-state index in [9.17, 15) is 13.2 Å². The fourth-order valence-electron chi connectivity index (χ4n) is 5.35. The van der Waals surface area contributed by atoms with Gasteiger partial charge in [-0.25, -0.2) is 13.2 Å². The first-order valence-electron chi connectivity index (χ1n) is 12.3. The van der Waals surface area contributed by atoms with Gasteiger partial charge < -0.3 is 9.64 Å². The van der Waals surface area contributed by atoms with Gasteiger partial charge in [-0.15, -0.1) is 0 Å². The minimum atomic E-state index is -3.72. The molecule has 9 heteroatoms. The van der Waals surface area contributed by atoms with Crippen LogP contribution >= 0.6 is 11.6 Å². The maximum Gasteiger partial charge on any atom is 0.410 e. The Hall–Kier alpha value is -1.35. The summed E-state index contributed by atoms with van der Waals surface area (Å²) in [6.07, 6.45) is 5.38. The number of nitrogens with zero attached hydrogens (tertiary/aromatic N) is 3. The Morgan fingerprint density at radius 2 is 1.85 bits per heavy atom. The Morgan fingerprint density at radius 1 is 1.12 bits per heavy atom. The van der Waals surface area contributed by atoms with Gasteiger partial charge in [0.05, 0.1) is 10.9 Å². The lowest BCUT2D eigenvalue weighted by atomic mass is 9.96. The molecule has 0 aromatic heterocycles. The summed E-state index contributed by atoms with van der Waals surface area (Å²) in [4.78, 5) is 17.3. The number of hydrogen-bond donors (Lipinski definition) is 0. The summed E-state index contributed by atoms with van der Waals surface area (Å²) >= 11 is 5.99. The third kappa shape index (κ3) is 5.66. The zero-order chi connectivity index (χ0) is 23.6. The van der Waals surface area contributed by atoms with Gasteiger partial charge in [0, 0.05) is 36.7 Å². The van der Waals surface area contributed by atoms with Crippen molar-refractivity contribution in [2.45, 2.75) is 75.4 Å². The molecule has 2 aliphatic heterocycles. The molecule has 3 atom stereocenters. The van der Waals surface area contributed by atoms with Crippen LogP contribution in [0.1, 0.15) is 52.4 Å². The quantitative estimate of drug-likeness (QED) is 0.564. The van der Waals surface area contributed by atoms with Gasteiger partial charge in [0.15, 0.2) is 0 Å². The van der Waals surface area contributed by atoms with Crippen LogP contribution in [0.25, 0.3) is 0 Å². The van der Waals surface area contributed by atoms with Crippen LogP contribution in [0.15, 0.2) is 29.2 Å². The molecular formula is C24H36ClN3O4S. The van der Waals surface area contributed by atoms with Crippen LogP contribution in [0.3, 0.4) is 0 Å². The molecule has 2 saturated heterocycles. The van der Waals surface area contributed by atoms with E-state index in [0.29, 0.717) is 23.9 Å². The van der Waals surface area contributed by atoms with Crippen molar-refractivity contribution in [2.24, 2.45) is 5.92 Å². The second-order valence-electron chi connectivity index (χ2n) is 9.70. The summed E-state index contributed by atoms with van der Waals surface area (Å²) in [5.74, 6) is 0.400. The first-order chi connectivity index (χ1) is 15.8. The topological polar surface area (TPSA) is 70.2 Å². The van der Waals surface area contributed by atoms with Gasteiger partial charge in [-0.1, -0.05) is 24.9 Å². The van der Waals surface area contributed by atoms with E-state index in [0.717, 1.165) is 51.7 Å². The lowest BCUT2D eigenvalue weighted by Gasteiger charge is -2.42. The number of piperidine rings is 1. The van der Waals surface area contributed by atoms with E-state index in [2.05, 4.69) is 11.8 Å². The predicted molar refractivity (Wildman–Crippen MR) is 129 cm³/mol. The van der Waals surface area contributed by atoms with Crippen LogP contribution in [-0.2, 0) is 14.8 Å². The molecular weight excluding hydrogens is 462 g/mol. The first-order valence-corrected chi connectivity index (χ1v) is 14.1. The van der Waals surface area contributed by atoms with Crippen molar-refractivity contribution in [1.82, 2.24) is 14.1 Å². The fraction of sp³-hybridized carbons (Fsp3) is 0.708. The lowest BCUT2D eigenvalue weighted by molar-refractivity contribution is 0.0311. The van der Waals surface area contributed by atoms with E-state index in [1.807, 2.05) is 6.92 Å². The first kappa shape index (κ1) is 24.8. The Labute approximate surface area is 203 Å². The highest BCUT2D eigenvalue weighted by Crippen LogP contribution is 2.43. The lowest BCUT2D eigenvalue weighted by Crippen LogP contribution is -2.55. The van der Waals surface area contributed by atoms with Gasteiger partial charge >= 0.3 is 6.09 Å². The van der Waals surface area contributed by atoms with Gasteiger partial charge in [0.1, 0.15) is 6.61 Å². The van der Waals surface area contributed by atoms with E-state index in [-0.39, 0.29) is 35.7 Å². The average molecular weight is 498 g/mol. The molecule has 1 amide bonds. The molecule has 0 spiro atoms. The van der Waals surface area contributed by atoms with Crippen molar-refractivity contribution in [3.8, 4) is 0 Å². The Kier molecular flexibility index (Phi) is 7.88. The van der Waals surface area contributed by atoms with Crippen LogP contribution < -0.4 is 0 Å². The number of amides is 1. The monoisotopic (exact) mass is 497 g/mol. The highest BCUT2D eigenvalue weighted by atomic mass is 35.5. The fourth-order valence-corrected chi connectivity index (χ4v) is 7.39. The van der Waals surface area contributed by atoms with Gasteiger partial charge in [0.25, 0.3) is 0 Å². The number of carbonyl (C=O) groups is 1. The number of rotatable bonds is 7. The predicted octanol–water partition coefficient (Wildman–Crippen LogP) is 4.21. The number of piperazine rings is 1. The minimum Gasteiger partial charge on any atom is -0.448 e. The van der Waals surface area contributed by atoms with Crippen LogP contribution in [0, 0.1) is 5.92 Å². The number of halogens is 1.